The van der Waals surface area contributed by atoms with E-state index in [9.17, 15) is 18.3 Å². The first-order valence-electron chi connectivity index (χ1n) is 5.83. The molecule has 0 aromatic carbocycles. The first kappa shape index (κ1) is 14.9. The molecule has 3 nitrogen and oxygen atoms in total. The summed E-state index contributed by atoms with van der Waals surface area (Å²) in [4.78, 5) is 3.26. The molecule has 0 amide bonds. The monoisotopic (exact) mass is 305 g/mol. The van der Waals surface area contributed by atoms with Crippen molar-refractivity contribution in [1.82, 2.24) is 4.98 Å². The van der Waals surface area contributed by atoms with Gasteiger partial charge in [0.25, 0.3) is 0 Å². The molecule has 0 saturated carbocycles. The van der Waals surface area contributed by atoms with Crippen molar-refractivity contribution >= 4 is 11.6 Å². The smallest absolute Gasteiger partial charge is 0.433 e. The van der Waals surface area contributed by atoms with Gasteiger partial charge >= 0.3 is 6.18 Å². The Kier molecular flexibility index (Phi) is 4.06. The number of pyridine rings is 1. The van der Waals surface area contributed by atoms with Crippen LogP contribution >= 0.6 is 11.6 Å². The molecule has 1 N–H and O–H groups in total. The highest BCUT2D eigenvalue weighted by atomic mass is 35.5. The Morgan fingerprint density at radius 3 is 2.50 bits per heavy atom. The minimum absolute atomic E-state index is 0.0664. The van der Waals surface area contributed by atoms with Crippen LogP contribution in [0.5, 0.6) is 0 Å². The van der Waals surface area contributed by atoms with Crippen LogP contribution in [0.25, 0.3) is 0 Å². The van der Waals surface area contributed by atoms with Gasteiger partial charge in [-0.2, -0.15) is 13.2 Å². The number of alkyl halides is 3. The van der Waals surface area contributed by atoms with Crippen molar-refractivity contribution in [3.05, 3.63) is 52.2 Å². The van der Waals surface area contributed by atoms with Crippen molar-refractivity contribution in [2.45, 2.75) is 25.6 Å². The second-order valence-corrected chi connectivity index (χ2v) is 4.49. The van der Waals surface area contributed by atoms with Gasteiger partial charge in [0.1, 0.15) is 28.5 Å². The molecular formula is C13H11ClF3NO2. The van der Waals surface area contributed by atoms with E-state index in [2.05, 4.69) is 4.98 Å². The number of furan rings is 1. The van der Waals surface area contributed by atoms with Gasteiger partial charge in [0.05, 0.1) is 0 Å². The zero-order valence-electron chi connectivity index (χ0n) is 10.4. The molecule has 2 rings (SSSR count). The minimum atomic E-state index is -4.58. The number of hydrogen-bond donors (Lipinski definition) is 1. The number of halogens is 4. The standard InChI is InChI=1S/C13H11ClF3NO2/c1-2-7-3-5-9(20-7)11(19)8-4-6-10(13(15,16)17)18-12(8)14/h3-6,11,19H,2H2,1H3. The fourth-order valence-corrected chi connectivity index (χ4v) is 1.95. The molecule has 20 heavy (non-hydrogen) atoms. The van der Waals surface area contributed by atoms with Gasteiger partial charge in [-0.3, -0.25) is 0 Å². The zero-order valence-corrected chi connectivity index (χ0v) is 11.2. The summed E-state index contributed by atoms with van der Waals surface area (Å²) in [6, 6.07) is 5.10. The Bertz CT molecular complexity index is 610. The summed E-state index contributed by atoms with van der Waals surface area (Å²) in [5, 5.41) is 9.67. The van der Waals surface area contributed by atoms with Crippen LogP contribution < -0.4 is 0 Å². The number of hydrogen-bond acceptors (Lipinski definition) is 3. The first-order valence-corrected chi connectivity index (χ1v) is 6.21. The van der Waals surface area contributed by atoms with E-state index in [1.807, 2.05) is 6.92 Å². The first-order chi connectivity index (χ1) is 9.32. The SMILES string of the molecule is CCc1ccc(C(O)c2ccc(C(F)(F)F)nc2Cl)o1. The Hall–Kier alpha value is -1.53. The molecular weight excluding hydrogens is 295 g/mol. The molecule has 108 valence electrons. The molecule has 0 fully saturated rings. The summed E-state index contributed by atoms with van der Waals surface area (Å²) in [5.41, 5.74) is -1.04. The second-order valence-electron chi connectivity index (χ2n) is 4.13. The van der Waals surface area contributed by atoms with Gasteiger partial charge in [-0.15, -0.1) is 0 Å². The highest BCUT2D eigenvalue weighted by molar-refractivity contribution is 6.30. The minimum Gasteiger partial charge on any atom is -0.463 e. The van der Waals surface area contributed by atoms with Gasteiger partial charge in [0.2, 0.25) is 0 Å². The highest BCUT2D eigenvalue weighted by Crippen LogP contribution is 2.33. The summed E-state index contributed by atoms with van der Waals surface area (Å²) in [7, 11) is 0. The van der Waals surface area contributed by atoms with Gasteiger partial charge in [-0.25, -0.2) is 4.98 Å². The maximum absolute atomic E-state index is 12.5. The Balaban J connectivity index is 2.33. The molecule has 0 bridgehead atoms. The zero-order chi connectivity index (χ0) is 14.9. The van der Waals surface area contributed by atoms with Gasteiger partial charge in [-0.05, 0) is 18.2 Å². The normalized spacial score (nSPS) is 13.5. The van der Waals surface area contributed by atoms with Crippen LogP contribution in [-0.4, -0.2) is 10.1 Å². The highest BCUT2D eigenvalue weighted by Gasteiger charge is 2.33. The van der Waals surface area contributed by atoms with Gasteiger partial charge < -0.3 is 9.52 Å². The maximum atomic E-state index is 12.5. The molecule has 0 aliphatic carbocycles. The van der Waals surface area contributed by atoms with Crippen molar-refractivity contribution < 1.29 is 22.7 Å². The third kappa shape index (κ3) is 2.96. The fourth-order valence-electron chi connectivity index (χ4n) is 1.69. The van der Waals surface area contributed by atoms with E-state index < -0.39 is 23.1 Å². The summed E-state index contributed by atoms with van der Waals surface area (Å²) in [6.45, 7) is 1.88. The molecule has 2 heterocycles. The van der Waals surface area contributed by atoms with Crippen LogP contribution in [0.3, 0.4) is 0 Å². The van der Waals surface area contributed by atoms with Crippen molar-refractivity contribution in [2.75, 3.05) is 0 Å². The molecule has 0 radical (unpaired) electrons. The van der Waals surface area contributed by atoms with Crippen LogP contribution in [0.1, 0.15) is 35.8 Å². The summed E-state index contributed by atoms with van der Waals surface area (Å²) in [6.07, 6.45) is -5.18. The number of aryl methyl sites for hydroxylation is 1. The molecule has 0 saturated heterocycles. The van der Waals surface area contributed by atoms with Crippen molar-refractivity contribution in [3.8, 4) is 0 Å². The van der Waals surface area contributed by atoms with E-state index in [1.165, 1.54) is 0 Å². The van der Waals surface area contributed by atoms with E-state index in [1.54, 1.807) is 12.1 Å². The third-order valence-electron chi connectivity index (χ3n) is 2.76. The van der Waals surface area contributed by atoms with E-state index in [4.69, 9.17) is 16.0 Å². The van der Waals surface area contributed by atoms with Crippen LogP contribution in [-0.2, 0) is 12.6 Å². The Morgan fingerprint density at radius 2 is 2.00 bits per heavy atom. The largest absolute Gasteiger partial charge is 0.463 e. The molecule has 0 aliphatic rings. The van der Waals surface area contributed by atoms with Gasteiger partial charge in [-0.1, -0.05) is 24.6 Å². The predicted octanol–water partition coefficient (Wildman–Crippen LogP) is 3.99. The number of aliphatic hydroxyl groups excluding tert-OH is 1. The summed E-state index contributed by atoms with van der Waals surface area (Å²) >= 11 is 5.71. The number of nitrogens with zero attached hydrogens (tertiary/aromatic N) is 1. The molecule has 0 aliphatic heterocycles. The summed E-state index contributed by atoms with van der Waals surface area (Å²) in [5.74, 6) is 0.875. The Morgan fingerprint density at radius 1 is 1.30 bits per heavy atom. The molecule has 1 unspecified atom stereocenters. The second kappa shape index (κ2) is 5.46. The number of aliphatic hydroxyl groups is 1. The average Bonchev–Trinajstić information content (AvgIpc) is 2.85. The predicted molar refractivity (Wildman–Crippen MR) is 66.4 cm³/mol. The fraction of sp³-hybridized carbons (Fsp3) is 0.308. The van der Waals surface area contributed by atoms with E-state index >= 15 is 0 Å². The summed E-state index contributed by atoms with van der Waals surface area (Å²) < 4.78 is 42.8. The molecule has 7 heteroatoms. The van der Waals surface area contributed by atoms with E-state index in [-0.39, 0.29) is 11.3 Å². The van der Waals surface area contributed by atoms with Crippen LogP contribution in [0.15, 0.2) is 28.7 Å². The topological polar surface area (TPSA) is 46.3 Å². The lowest BCUT2D eigenvalue weighted by Gasteiger charge is -2.12. The van der Waals surface area contributed by atoms with E-state index in [0.29, 0.717) is 12.2 Å². The molecule has 0 spiro atoms. The van der Waals surface area contributed by atoms with Gasteiger partial charge in [0, 0.05) is 12.0 Å². The lowest BCUT2D eigenvalue weighted by molar-refractivity contribution is -0.141. The number of aromatic nitrogens is 1. The Labute approximate surface area is 118 Å². The quantitative estimate of drug-likeness (QED) is 0.872. The van der Waals surface area contributed by atoms with Crippen LogP contribution in [0, 0.1) is 0 Å². The van der Waals surface area contributed by atoms with Crippen molar-refractivity contribution in [1.29, 1.82) is 0 Å². The maximum Gasteiger partial charge on any atom is 0.433 e. The van der Waals surface area contributed by atoms with E-state index in [0.717, 1.165) is 12.1 Å². The average molecular weight is 306 g/mol. The lowest BCUT2D eigenvalue weighted by atomic mass is 10.1. The van der Waals surface area contributed by atoms with Gasteiger partial charge in [0.15, 0.2) is 0 Å². The molecule has 1 atom stereocenters. The molecule has 2 aromatic heterocycles. The number of rotatable bonds is 3. The lowest BCUT2D eigenvalue weighted by Crippen LogP contribution is -2.10. The van der Waals surface area contributed by atoms with Crippen molar-refractivity contribution in [2.24, 2.45) is 0 Å². The van der Waals surface area contributed by atoms with Crippen molar-refractivity contribution in [3.63, 3.8) is 0 Å². The van der Waals surface area contributed by atoms with Crippen LogP contribution in [0.4, 0.5) is 13.2 Å². The van der Waals surface area contributed by atoms with Crippen LogP contribution in [0.2, 0.25) is 5.15 Å². The third-order valence-corrected chi connectivity index (χ3v) is 3.07. The molecule has 2 aromatic rings.